The van der Waals surface area contributed by atoms with E-state index in [1.165, 1.54) is 0 Å². The monoisotopic (exact) mass is 368 g/mol. The first-order chi connectivity index (χ1) is 9.56. The lowest BCUT2D eigenvalue weighted by atomic mass is 10.1. The zero-order valence-corrected chi connectivity index (χ0v) is 13.1. The Morgan fingerprint density at radius 3 is 2.60 bits per heavy atom. The van der Waals surface area contributed by atoms with Gasteiger partial charge >= 0.3 is 0 Å². The van der Waals surface area contributed by atoms with Crippen LogP contribution in [-0.2, 0) is 0 Å². The van der Waals surface area contributed by atoms with Gasteiger partial charge in [-0.2, -0.15) is 0 Å². The minimum atomic E-state index is -0.274. The van der Waals surface area contributed by atoms with Crippen molar-refractivity contribution in [1.29, 1.82) is 0 Å². The molecule has 0 aliphatic rings. The van der Waals surface area contributed by atoms with Gasteiger partial charge in [0.2, 0.25) is 5.78 Å². The number of benzene rings is 2. The molecule has 1 heterocycles. The number of hydrogen-bond acceptors (Lipinski definition) is 2. The summed E-state index contributed by atoms with van der Waals surface area (Å²) in [5.41, 5.74) is 0.889. The molecule has 0 saturated carbocycles. The van der Waals surface area contributed by atoms with Crippen LogP contribution >= 0.6 is 39.1 Å². The van der Waals surface area contributed by atoms with Crippen molar-refractivity contribution in [1.82, 2.24) is 0 Å². The molecule has 0 atom stereocenters. The molecule has 100 valence electrons. The zero-order chi connectivity index (χ0) is 14.3. The molecule has 0 spiro atoms. The molecule has 0 amide bonds. The maximum absolute atomic E-state index is 12.5. The van der Waals surface area contributed by atoms with Crippen molar-refractivity contribution < 1.29 is 9.21 Å². The maximum atomic E-state index is 12.5. The molecule has 20 heavy (non-hydrogen) atoms. The van der Waals surface area contributed by atoms with E-state index in [1.807, 2.05) is 6.07 Å². The summed E-state index contributed by atoms with van der Waals surface area (Å²) in [6, 6.07) is 12.1. The van der Waals surface area contributed by atoms with E-state index in [9.17, 15) is 4.79 Å². The highest BCUT2D eigenvalue weighted by atomic mass is 79.9. The van der Waals surface area contributed by atoms with Crippen molar-refractivity contribution in [2.45, 2.75) is 0 Å². The Balaban J connectivity index is 2.13. The third-order valence-electron chi connectivity index (χ3n) is 2.89. The average molecular weight is 370 g/mol. The minimum absolute atomic E-state index is 0.216. The first-order valence-corrected chi connectivity index (χ1v) is 7.29. The number of halogens is 3. The normalized spacial score (nSPS) is 10.9. The van der Waals surface area contributed by atoms with Gasteiger partial charge in [-0.15, -0.1) is 0 Å². The molecule has 5 heteroatoms. The number of para-hydroxylation sites is 1. The molecular formula is C15H7BrCl2O2. The van der Waals surface area contributed by atoms with Crippen molar-refractivity contribution >= 4 is 55.9 Å². The predicted molar refractivity (Wildman–Crippen MR) is 83.8 cm³/mol. The van der Waals surface area contributed by atoms with Crippen LogP contribution < -0.4 is 0 Å². The van der Waals surface area contributed by atoms with E-state index in [2.05, 4.69) is 15.9 Å². The van der Waals surface area contributed by atoms with Crippen LogP contribution in [0.25, 0.3) is 11.0 Å². The summed E-state index contributed by atoms with van der Waals surface area (Å²) >= 11 is 15.4. The number of furan rings is 1. The molecule has 0 saturated heterocycles. The fourth-order valence-corrected chi connectivity index (χ4v) is 2.73. The van der Waals surface area contributed by atoms with Gasteiger partial charge in [0, 0.05) is 15.4 Å². The number of rotatable bonds is 2. The molecule has 0 N–H and O–H groups in total. The summed E-state index contributed by atoms with van der Waals surface area (Å²) in [4.78, 5) is 12.5. The Kier molecular flexibility index (Phi) is 3.59. The zero-order valence-electron chi connectivity index (χ0n) is 9.99. The lowest BCUT2D eigenvalue weighted by molar-refractivity contribution is 0.101. The van der Waals surface area contributed by atoms with Gasteiger partial charge in [-0.1, -0.05) is 51.3 Å². The van der Waals surface area contributed by atoms with Gasteiger partial charge in [0.05, 0.1) is 10.0 Å². The maximum Gasteiger partial charge on any atom is 0.229 e. The van der Waals surface area contributed by atoms with Crippen LogP contribution in [0, 0.1) is 0 Å². The lowest BCUT2D eigenvalue weighted by Gasteiger charge is -2.01. The molecule has 3 rings (SSSR count). The molecule has 2 nitrogen and oxygen atoms in total. The van der Waals surface area contributed by atoms with Crippen molar-refractivity contribution in [3.63, 3.8) is 0 Å². The molecule has 2 aromatic carbocycles. The largest absolute Gasteiger partial charge is 0.451 e. The van der Waals surface area contributed by atoms with Crippen molar-refractivity contribution in [3.05, 3.63) is 68.3 Å². The van der Waals surface area contributed by atoms with Crippen molar-refractivity contribution in [2.24, 2.45) is 0 Å². The second-order valence-electron chi connectivity index (χ2n) is 4.22. The van der Waals surface area contributed by atoms with Gasteiger partial charge in [-0.05, 0) is 30.3 Å². The van der Waals surface area contributed by atoms with E-state index in [1.54, 1.807) is 36.4 Å². The molecule has 0 fully saturated rings. The second-order valence-corrected chi connectivity index (χ2v) is 5.95. The minimum Gasteiger partial charge on any atom is -0.451 e. The Morgan fingerprint density at radius 1 is 1.05 bits per heavy atom. The fourth-order valence-electron chi connectivity index (χ4n) is 1.94. The highest BCUT2D eigenvalue weighted by molar-refractivity contribution is 9.10. The van der Waals surface area contributed by atoms with Crippen molar-refractivity contribution in [2.75, 3.05) is 0 Å². The van der Waals surface area contributed by atoms with Gasteiger partial charge < -0.3 is 4.42 Å². The Hall–Kier alpha value is -1.29. The van der Waals surface area contributed by atoms with Gasteiger partial charge in [0.25, 0.3) is 0 Å². The fraction of sp³-hybridized carbons (Fsp3) is 0. The van der Waals surface area contributed by atoms with Gasteiger partial charge in [-0.25, -0.2) is 0 Å². The molecule has 0 unspecified atom stereocenters. The van der Waals surface area contributed by atoms with Crippen LogP contribution in [0.5, 0.6) is 0 Å². The number of fused-ring (bicyclic) bond motifs is 1. The summed E-state index contributed by atoms with van der Waals surface area (Å²) < 4.78 is 6.33. The number of carbonyl (C=O) groups is 1. The molecule has 0 aliphatic heterocycles. The van der Waals surface area contributed by atoms with Gasteiger partial charge in [0.1, 0.15) is 0 Å². The molecule has 0 bridgehead atoms. The van der Waals surface area contributed by atoms with Crippen LogP contribution in [0.4, 0.5) is 0 Å². The summed E-state index contributed by atoms with van der Waals surface area (Å²) in [5, 5.41) is 1.64. The van der Waals surface area contributed by atoms with E-state index in [4.69, 9.17) is 27.6 Å². The van der Waals surface area contributed by atoms with Crippen LogP contribution in [0.15, 0.2) is 51.4 Å². The third-order valence-corrected chi connectivity index (χ3v) is 4.01. The molecular weight excluding hydrogens is 363 g/mol. The lowest BCUT2D eigenvalue weighted by Crippen LogP contribution is -2.00. The molecule has 3 aromatic rings. The highest BCUT2D eigenvalue weighted by Crippen LogP contribution is 2.29. The summed E-state index contributed by atoms with van der Waals surface area (Å²) in [6.07, 6.45) is 0. The second kappa shape index (κ2) is 5.24. The van der Waals surface area contributed by atoms with E-state index >= 15 is 0 Å². The standard InChI is InChI=1S/C15H7BrCl2O2/c16-9-4-5-11(17)10(7-9)14(19)13-6-8-2-1-3-12(18)15(8)20-13/h1-7H. The topological polar surface area (TPSA) is 30.2 Å². The van der Waals surface area contributed by atoms with Gasteiger partial charge in [-0.3, -0.25) is 4.79 Å². The van der Waals surface area contributed by atoms with Crippen LogP contribution in [-0.4, -0.2) is 5.78 Å². The first-order valence-electron chi connectivity index (χ1n) is 5.74. The number of ketones is 1. The van der Waals surface area contributed by atoms with E-state index < -0.39 is 0 Å². The Bertz CT molecular complexity index is 824. The first kappa shape index (κ1) is 13.7. The van der Waals surface area contributed by atoms with E-state index in [0.29, 0.717) is 21.2 Å². The third kappa shape index (κ3) is 2.37. The number of hydrogen-bond donors (Lipinski definition) is 0. The highest BCUT2D eigenvalue weighted by Gasteiger charge is 2.18. The SMILES string of the molecule is O=C(c1cc2cccc(Cl)c2o1)c1cc(Br)ccc1Cl. The van der Waals surface area contributed by atoms with Crippen LogP contribution in [0.1, 0.15) is 16.1 Å². The number of carbonyl (C=O) groups excluding carboxylic acids is 1. The molecule has 0 radical (unpaired) electrons. The van der Waals surface area contributed by atoms with E-state index in [0.717, 1.165) is 9.86 Å². The van der Waals surface area contributed by atoms with Crippen LogP contribution in [0.3, 0.4) is 0 Å². The molecule has 1 aromatic heterocycles. The predicted octanol–water partition coefficient (Wildman–Crippen LogP) is 5.73. The van der Waals surface area contributed by atoms with Gasteiger partial charge in [0.15, 0.2) is 11.3 Å². The summed E-state index contributed by atoms with van der Waals surface area (Å²) in [6.45, 7) is 0. The average Bonchev–Trinajstić information content (AvgIpc) is 2.86. The van der Waals surface area contributed by atoms with E-state index in [-0.39, 0.29) is 11.5 Å². The quantitative estimate of drug-likeness (QED) is 0.539. The Labute approximate surface area is 133 Å². The summed E-state index contributed by atoms with van der Waals surface area (Å²) in [7, 11) is 0. The van der Waals surface area contributed by atoms with Crippen LogP contribution in [0.2, 0.25) is 10.0 Å². The summed E-state index contributed by atoms with van der Waals surface area (Å²) in [5.74, 6) is -0.0586. The van der Waals surface area contributed by atoms with Crippen molar-refractivity contribution in [3.8, 4) is 0 Å². The molecule has 0 aliphatic carbocycles. The smallest absolute Gasteiger partial charge is 0.229 e. The Morgan fingerprint density at radius 2 is 1.85 bits per heavy atom.